The van der Waals surface area contributed by atoms with Crippen molar-refractivity contribution in [2.24, 2.45) is 0 Å². The Morgan fingerprint density at radius 1 is 0.875 bits per heavy atom. The van der Waals surface area contributed by atoms with Gasteiger partial charge in [-0.1, -0.05) is 18.2 Å². The molecular formula is C23H22N2O6S. The van der Waals surface area contributed by atoms with E-state index in [4.69, 9.17) is 4.74 Å². The van der Waals surface area contributed by atoms with Crippen molar-refractivity contribution in [2.45, 2.75) is 4.90 Å². The van der Waals surface area contributed by atoms with Crippen LogP contribution in [0.3, 0.4) is 0 Å². The van der Waals surface area contributed by atoms with Gasteiger partial charge in [-0.3, -0.25) is 9.10 Å². The van der Waals surface area contributed by atoms with Crippen molar-refractivity contribution in [1.82, 2.24) is 0 Å². The first-order valence-electron chi connectivity index (χ1n) is 9.55. The topological polar surface area (TPSA) is 102 Å². The van der Waals surface area contributed by atoms with Crippen LogP contribution in [0.5, 0.6) is 5.75 Å². The van der Waals surface area contributed by atoms with Crippen molar-refractivity contribution in [3.8, 4) is 5.75 Å². The number of sulfonamides is 1. The first kappa shape index (κ1) is 22.8. The van der Waals surface area contributed by atoms with Crippen LogP contribution in [0.15, 0.2) is 83.8 Å². The molecule has 1 amide bonds. The largest absolute Gasteiger partial charge is 0.497 e. The molecule has 3 aromatic rings. The molecule has 0 bridgehead atoms. The molecule has 0 saturated heterocycles. The van der Waals surface area contributed by atoms with Gasteiger partial charge in [0.2, 0.25) is 5.91 Å². The van der Waals surface area contributed by atoms with Gasteiger partial charge in [0.1, 0.15) is 12.3 Å². The molecule has 1 N–H and O–H groups in total. The molecule has 0 aliphatic carbocycles. The predicted molar refractivity (Wildman–Crippen MR) is 120 cm³/mol. The maximum Gasteiger partial charge on any atom is 0.337 e. The second-order valence-electron chi connectivity index (χ2n) is 6.64. The Morgan fingerprint density at radius 3 is 2.06 bits per heavy atom. The number of esters is 1. The molecule has 0 radical (unpaired) electrons. The summed E-state index contributed by atoms with van der Waals surface area (Å²) in [6.45, 7) is -0.456. The van der Waals surface area contributed by atoms with Crippen LogP contribution < -0.4 is 14.4 Å². The van der Waals surface area contributed by atoms with Gasteiger partial charge < -0.3 is 14.8 Å². The van der Waals surface area contributed by atoms with Crippen LogP contribution in [-0.4, -0.2) is 41.1 Å². The summed E-state index contributed by atoms with van der Waals surface area (Å²) in [4.78, 5) is 24.3. The maximum absolute atomic E-state index is 13.3. The molecule has 3 aromatic carbocycles. The summed E-state index contributed by atoms with van der Waals surface area (Å²) in [7, 11) is -1.23. The molecule has 166 valence electrons. The summed E-state index contributed by atoms with van der Waals surface area (Å²) >= 11 is 0. The number of methoxy groups -OCH3 is 2. The monoisotopic (exact) mass is 454 g/mol. The van der Waals surface area contributed by atoms with E-state index < -0.39 is 28.4 Å². The van der Waals surface area contributed by atoms with Gasteiger partial charge in [0.25, 0.3) is 10.0 Å². The fourth-order valence-electron chi connectivity index (χ4n) is 2.92. The smallest absolute Gasteiger partial charge is 0.337 e. The molecule has 9 heteroatoms. The third-order valence-electron chi connectivity index (χ3n) is 4.57. The maximum atomic E-state index is 13.3. The van der Waals surface area contributed by atoms with Gasteiger partial charge in [-0.05, 0) is 60.7 Å². The fourth-order valence-corrected chi connectivity index (χ4v) is 4.36. The Balaban J connectivity index is 1.86. The van der Waals surface area contributed by atoms with Gasteiger partial charge in [-0.25, -0.2) is 13.2 Å². The molecule has 0 aromatic heterocycles. The van der Waals surface area contributed by atoms with Crippen molar-refractivity contribution in [3.05, 3.63) is 84.4 Å². The number of anilines is 2. The Bertz CT molecular complexity index is 1180. The minimum absolute atomic E-state index is 0.0612. The normalized spacial score (nSPS) is 10.8. The van der Waals surface area contributed by atoms with E-state index in [9.17, 15) is 18.0 Å². The number of hydrogen-bond acceptors (Lipinski definition) is 6. The second-order valence-corrected chi connectivity index (χ2v) is 8.50. The van der Waals surface area contributed by atoms with Crippen LogP contribution >= 0.6 is 0 Å². The number of hydrogen-bond donors (Lipinski definition) is 1. The minimum atomic E-state index is -4.01. The highest BCUT2D eigenvalue weighted by Gasteiger charge is 2.27. The van der Waals surface area contributed by atoms with Gasteiger partial charge in [-0.15, -0.1) is 0 Å². The molecule has 0 atom stereocenters. The zero-order valence-corrected chi connectivity index (χ0v) is 18.3. The van der Waals surface area contributed by atoms with Crippen molar-refractivity contribution in [2.75, 3.05) is 30.4 Å². The van der Waals surface area contributed by atoms with Crippen LogP contribution in [0.1, 0.15) is 10.4 Å². The number of rotatable bonds is 8. The number of carbonyl (C=O) groups is 2. The number of benzene rings is 3. The summed E-state index contributed by atoms with van der Waals surface area (Å²) in [6, 6.07) is 20.3. The van der Waals surface area contributed by atoms with E-state index >= 15 is 0 Å². The Labute approximate surface area is 186 Å². The van der Waals surface area contributed by atoms with E-state index in [-0.39, 0.29) is 4.90 Å². The van der Waals surface area contributed by atoms with E-state index in [0.717, 1.165) is 4.31 Å². The summed E-state index contributed by atoms with van der Waals surface area (Å²) < 4.78 is 37.4. The van der Waals surface area contributed by atoms with E-state index in [1.54, 1.807) is 42.5 Å². The lowest BCUT2D eigenvalue weighted by Crippen LogP contribution is -2.38. The second kappa shape index (κ2) is 9.97. The summed E-state index contributed by atoms with van der Waals surface area (Å²) in [5.41, 5.74) is 1.05. The predicted octanol–water partition coefficient (Wildman–Crippen LogP) is 3.32. The lowest BCUT2D eigenvalue weighted by molar-refractivity contribution is -0.114. The molecule has 0 aliphatic rings. The molecule has 0 saturated carbocycles. The quantitative estimate of drug-likeness (QED) is 0.524. The van der Waals surface area contributed by atoms with Gasteiger partial charge in [0, 0.05) is 5.69 Å². The van der Waals surface area contributed by atoms with Gasteiger partial charge in [0.05, 0.1) is 30.4 Å². The molecule has 0 heterocycles. The summed E-state index contributed by atoms with van der Waals surface area (Å²) in [5.74, 6) is -0.491. The molecule has 0 fully saturated rings. The van der Waals surface area contributed by atoms with Crippen molar-refractivity contribution >= 4 is 33.3 Å². The van der Waals surface area contributed by atoms with Gasteiger partial charge in [0.15, 0.2) is 0 Å². The third-order valence-corrected chi connectivity index (χ3v) is 6.36. The third kappa shape index (κ3) is 5.25. The standard InChI is InChI=1S/C23H22N2O6S/c1-30-20-14-12-19(13-15-20)25(32(28,29)21-6-4-3-5-7-21)16-22(26)24-18-10-8-17(9-11-18)23(27)31-2/h3-15H,16H2,1-2H3,(H,24,26). The Kier molecular flexibility index (Phi) is 7.11. The number of carbonyl (C=O) groups excluding carboxylic acids is 2. The van der Waals surface area contributed by atoms with Crippen LogP contribution in [0.25, 0.3) is 0 Å². The van der Waals surface area contributed by atoms with Crippen LogP contribution in [0.2, 0.25) is 0 Å². The van der Waals surface area contributed by atoms with E-state index in [0.29, 0.717) is 22.7 Å². The molecular weight excluding hydrogens is 432 g/mol. The number of ether oxygens (including phenoxy) is 2. The first-order valence-corrected chi connectivity index (χ1v) is 11.0. The highest BCUT2D eigenvalue weighted by Crippen LogP contribution is 2.26. The highest BCUT2D eigenvalue weighted by atomic mass is 32.2. The summed E-state index contributed by atoms with van der Waals surface area (Å²) in [5, 5.41) is 2.65. The lowest BCUT2D eigenvalue weighted by Gasteiger charge is -2.24. The van der Waals surface area contributed by atoms with Crippen LogP contribution in [0, 0.1) is 0 Å². The fraction of sp³-hybridized carbons (Fsp3) is 0.130. The summed E-state index contributed by atoms with van der Waals surface area (Å²) in [6.07, 6.45) is 0. The number of nitrogens with one attached hydrogen (secondary N) is 1. The minimum Gasteiger partial charge on any atom is -0.497 e. The molecule has 3 rings (SSSR count). The van der Waals surface area contributed by atoms with E-state index in [1.165, 1.54) is 50.6 Å². The Morgan fingerprint density at radius 2 is 1.50 bits per heavy atom. The van der Waals surface area contributed by atoms with Crippen molar-refractivity contribution < 1.29 is 27.5 Å². The molecule has 0 spiro atoms. The lowest BCUT2D eigenvalue weighted by atomic mass is 10.2. The van der Waals surface area contributed by atoms with Crippen LogP contribution in [0.4, 0.5) is 11.4 Å². The molecule has 32 heavy (non-hydrogen) atoms. The van der Waals surface area contributed by atoms with Crippen molar-refractivity contribution in [3.63, 3.8) is 0 Å². The highest BCUT2D eigenvalue weighted by molar-refractivity contribution is 7.92. The van der Waals surface area contributed by atoms with Crippen LogP contribution in [-0.2, 0) is 19.6 Å². The van der Waals surface area contributed by atoms with Crippen molar-refractivity contribution in [1.29, 1.82) is 0 Å². The van der Waals surface area contributed by atoms with E-state index in [1.807, 2.05) is 0 Å². The number of amides is 1. The average molecular weight is 455 g/mol. The zero-order valence-electron chi connectivity index (χ0n) is 17.5. The molecule has 0 unspecified atom stereocenters. The van der Waals surface area contributed by atoms with Gasteiger partial charge in [-0.2, -0.15) is 0 Å². The SMILES string of the molecule is COC(=O)c1ccc(NC(=O)CN(c2ccc(OC)cc2)S(=O)(=O)c2ccccc2)cc1. The van der Waals surface area contributed by atoms with Gasteiger partial charge >= 0.3 is 5.97 Å². The van der Waals surface area contributed by atoms with E-state index in [2.05, 4.69) is 10.1 Å². The Hall–Kier alpha value is -3.85. The molecule has 8 nitrogen and oxygen atoms in total. The number of nitrogens with zero attached hydrogens (tertiary/aromatic N) is 1. The zero-order chi connectivity index (χ0) is 23.1. The first-order chi connectivity index (χ1) is 15.3. The average Bonchev–Trinajstić information content (AvgIpc) is 2.83. The molecule has 0 aliphatic heterocycles.